The number of nitro benzene ring substituents is 1. The zero-order chi connectivity index (χ0) is 10.9. The second-order valence-electron chi connectivity index (χ2n) is 2.51. The fourth-order valence-electron chi connectivity index (χ4n) is 1.03. The van der Waals surface area contributed by atoms with E-state index in [4.69, 9.17) is 10.8 Å². The van der Waals surface area contributed by atoms with Crippen molar-refractivity contribution < 1.29 is 18.8 Å². The number of rotatable bonds is 2. The van der Waals surface area contributed by atoms with Crippen molar-refractivity contribution in [2.45, 2.75) is 6.61 Å². The summed E-state index contributed by atoms with van der Waals surface area (Å²) in [6.07, 6.45) is 0. The Morgan fingerprint density at radius 1 is 1.57 bits per heavy atom. The zero-order valence-corrected chi connectivity index (χ0v) is 6.83. The van der Waals surface area contributed by atoms with Crippen molar-refractivity contribution in [3.63, 3.8) is 0 Å². The average Bonchev–Trinajstić information content (AvgIpc) is 2.12. The van der Waals surface area contributed by atoms with E-state index in [1.165, 1.54) is 0 Å². The number of anilines is 1. The van der Waals surface area contributed by atoms with Crippen LogP contribution in [0.5, 0.6) is 0 Å². The van der Waals surface area contributed by atoms with Gasteiger partial charge in [-0.1, -0.05) is 0 Å². The molecule has 0 atom stereocenters. The summed E-state index contributed by atoms with van der Waals surface area (Å²) in [4.78, 5) is 9.42. The van der Waals surface area contributed by atoms with E-state index in [0.717, 1.165) is 0 Å². The molecule has 0 aliphatic rings. The Kier molecular flexibility index (Phi) is 2.61. The minimum atomic E-state index is -1.48. The molecule has 0 aliphatic carbocycles. The molecule has 1 rings (SSSR count). The minimum Gasteiger partial charge on any atom is -0.391 e. The van der Waals surface area contributed by atoms with Gasteiger partial charge in [-0.05, 0) is 6.07 Å². The van der Waals surface area contributed by atoms with E-state index in [1.54, 1.807) is 0 Å². The van der Waals surface area contributed by atoms with E-state index in [2.05, 4.69) is 0 Å². The molecule has 76 valence electrons. The van der Waals surface area contributed by atoms with Crippen LogP contribution in [-0.2, 0) is 6.61 Å². The van der Waals surface area contributed by atoms with Gasteiger partial charge in [0.2, 0.25) is 0 Å². The predicted octanol–water partition coefficient (Wildman–Crippen LogP) is 0.948. The molecule has 3 N–H and O–H groups in total. The summed E-state index contributed by atoms with van der Waals surface area (Å²) in [5.74, 6) is -2.80. The van der Waals surface area contributed by atoms with E-state index < -0.39 is 34.5 Å². The van der Waals surface area contributed by atoms with Gasteiger partial charge in [0.05, 0.1) is 17.1 Å². The van der Waals surface area contributed by atoms with Crippen molar-refractivity contribution in [2.24, 2.45) is 0 Å². The molecule has 1 aromatic carbocycles. The second-order valence-corrected chi connectivity index (χ2v) is 2.51. The first-order chi connectivity index (χ1) is 6.49. The number of benzene rings is 1. The lowest BCUT2D eigenvalue weighted by atomic mass is 10.1. The summed E-state index contributed by atoms with van der Waals surface area (Å²) < 4.78 is 25.5. The molecule has 5 nitrogen and oxygen atoms in total. The molecule has 14 heavy (non-hydrogen) atoms. The molecule has 0 aromatic heterocycles. The summed E-state index contributed by atoms with van der Waals surface area (Å²) in [5.41, 5.74) is 2.93. The van der Waals surface area contributed by atoms with Crippen LogP contribution < -0.4 is 5.73 Å². The third-order valence-corrected chi connectivity index (χ3v) is 1.66. The lowest BCUT2D eigenvalue weighted by Crippen LogP contribution is -2.05. The van der Waals surface area contributed by atoms with Gasteiger partial charge in [0.25, 0.3) is 0 Å². The van der Waals surface area contributed by atoms with Crippen LogP contribution in [-0.4, -0.2) is 10.0 Å². The maximum atomic E-state index is 12.8. The van der Waals surface area contributed by atoms with Gasteiger partial charge in [0.15, 0.2) is 17.3 Å². The summed E-state index contributed by atoms with van der Waals surface area (Å²) in [6, 6.07) is 0.545. The number of hydrogen-bond acceptors (Lipinski definition) is 4. The quantitative estimate of drug-likeness (QED) is 0.426. The molecule has 0 saturated heterocycles. The summed E-state index contributed by atoms with van der Waals surface area (Å²) in [5, 5.41) is 19.0. The van der Waals surface area contributed by atoms with Crippen molar-refractivity contribution in [3.05, 3.63) is 33.4 Å². The van der Waals surface area contributed by atoms with Gasteiger partial charge in [-0.3, -0.25) is 10.1 Å². The Labute approximate surface area is 76.9 Å². The molecular formula is C7H6F2N2O3. The molecule has 0 saturated carbocycles. The highest BCUT2D eigenvalue weighted by molar-refractivity contribution is 5.63. The van der Waals surface area contributed by atoms with Crippen molar-refractivity contribution in [1.29, 1.82) is 0 Å². The van der Waals surface area contributed by atoms with Crippen LogP contribution >= 0.6 is 0 Å². The van der Waals surface area contributed by atoms with Gasteiger partial charge >= 0.3 is 5.69 Å². The molecule has 0 unspecified atom stereocenters. The highest BCUT2D eigenvalue weighted by Crippen LogP contribution is 2.30. The van der Waals surface area contributed by atoms with Crippen molar-refractivity contribution >= 4 is 11.4 Å². The number of aliphatic hydroxyl groups is 1. The average molecular weight is 204 g/mol. The van der Waals surface area contributed by atoms with Crippen LogP contribution in [0.4, 0.5) is 20.2 Å². The summed E-state index contributed by atoms with van der Waals surface area (Å²) in [7, 11) is 0. The molecule has 0 bridgehead atoms. The number of nitro groups is 1. The molecule has 0 spiro atoms. The number of nitrogens with zero attached hydrogens (tertiary/aromatic N) is 1. The lowest BCUT2D eigenvalue weighted by molar-refractivity contribution is -0.385. The zero-order valence-electron chi connectivity index (χ0n) is 6.83. The molecule has 0 radical (unpaired) electrons. The molecule has 0 heterocycles. The minimum absolute atomic E-state index is 0.355. The molecular weight excluding hydrogens is 198 g/mol. The maximum Gasteiger partial charge on any atom is 0.300 e. The number of nitrogens with two attached hydrogens (primary N) is 1. The summed E-state index contributed by atoms with van der Waals surface area (Å²) >= 11 is 0. The van der Waals surface area contributed by atoms with E-state index in [1.807, 2.05) is 0 Å². The standard InChI is InChI=1S/C7H6F2N2O3/c8-4-1-3(2-12)7(11(13)14)6(10)5(4)9/h1,12H,2,10H2. The van der Waals surface area contributed by atoms with Crippen LogP contribution in [0.2, 0.25) is 0 Å². The van der Waals surface area contributed by atoms with E-state index in [-0.39, 0.29) is 5.56 Å². The Morgan fingerprint density at radius 3 is 2.57 bits per heavy atom. The first kappa shape index (κ1) is 10.3. The Balaban J connectivity index is 3.53. The number of nitrogen functional groups attached to an aromatic ring is 1. The molecule has 7 heteroatoms. The lowest BCUT2D eigenvalue weighted by Gasteiger charge is -2.04. The number of hydrogen-bond donors (Lipinski definition) is 2. The van der Waals surface area contributed by atoms with Crippen LogP contribution in [0.25, 0.3) is 0 Å². The van der Waals surface area contributed by atoms with Gasteiger partial charge in [-0.25, -0.2) is 8.78 Å². The van der Waals surface area contributed by atoms with Crippen LogP contribution in [0, 0.1) is 21.7 Å². The van der Waals surface area contributed by atoms with Gasteiger partial charge < -0.3 is 10.8 Å². The highest BCUT2D eigenvalue weighted by Gasteiger charge is 2.24. The highest BCUT2D eigenvalue weighted by atomic mass is 19.2. The third-order valence-electron chi connectivity index (χ3n) is 1.66. The summed E-state index contributed by atoms with van der Waals surface area (Å²) in [6.45, 7) is -0.780. The van der Waals surface area contributed by atoms with Gasteiger partial charge in [-0.15, -0.1) is 0 Å². The fraction of sp³-hybridized carbons (Fsp3) is 0.143. The number of halogens is 2. The monoisotopic (exact) mass is 204 g/mol. The van der Waals surface area contributed by atoms with Gasteiger partial charge in [-0.2, -0.15) is 0 Å². The van der Waals surface area contributed by atoms with Crippen LogP contribution in [0.1, 0.15) is 5.56 Å². The van der Waals surface area contributed by atoms with Crippen molar-refractivity contribution in [3.8, 4) is 0 Å². The van der Waals surface area contributed by atoms with E-state index >= 15 is 0 Å². The third kappa shape index (κ3) is 1.49. The molecule has 0 fully saturated rings. The first-order valence-electron chi connectivity index (χ1n) is 3.50. The van der Waals surface area contributed by atoms with Crippen LogP contribution in [0.15, 0.2) is 6.07 Å². The first-order valence-corrected chi connectivity index (χ1v) is 3.50. The Bertz CT molecular complexity index is 395. The van der Waals surface area contributed by atoms with Crippen LogP contribution in [0.3, 0.4) is 0 Å². The molecule has 1 aromatic rings. The predicted molar refractivity (Wildman–Crippen MR) is 43.3 cm³/mol. The topological polar surface area (TPSA) is 89.4 Å². The smallest absolute Gasteiger partial charge is 0.300 e. The van der Waals surface area contributed by atoms with E-state index in [0.29, 0.717) is 6.07 Å². The van der Waals surface area contributed by atoms with Crippen molar-refractivity contribution in [1.82, 2.24) is 0 Å². The normalized spacial score (nSPS) is 10.2. The fourth-order valence-corrected chi connectivity index (χ4v) is 1.03. The molecule has 0 aliphatic heterocycles. The van der Waals surface area contributed by atoms with Crippen molar-refractivity contribution in [2.75, 3.05) is 5.73 Å². The van der Waals surface area contributed by atoms with Gasteiger partial charge in [0, 0.05) is 0 Å². The Morgan fingerprint density at radius 2 is 2.14 bits per heavy atom. The SMILES string of the molecule is Nc1c(F)c(F)cc(CO)c1[N+](=O)[O-]. The van der Waals surface area contributed by atoms with Gasteiger partial charge in [0.1, 0.15) is 0 Å². The maximum absolute atomic E-state index is 12.8. The second kappa shape index (κ2) is 3.54. The largest absolute Gasteiger partial charge is 0.391 e. The van der Waals surface area contributed by atoms with E-state index in [9.17, 15) is 18.9 Å². The Hall–Kier alpha value is -1.76. The molecule has 0 amide bonds. The number of aliphatic hydroxyl groups excluding tert-OH is 1.